The molecule has 2 rings (SSSR count). The number of carboxylic acid groups (broad SMARTS) is 1. The Hall–Kier alpha value is -1.36. The molecular weight excluding hydrogens is 238 g/mol. The van der Waals surface area contributed by atoms with Crippen LogP contribution >= 0.6 is 11.3 Å². The highest BCUT2D eigenvalue weighted by Crippen LogP contribution is 2.31. The molecule has 0 aliphatic carbocycles. The molecule has 0 unspecified atom stereocenters. The van der Waals surface area contributed by atoms with Crippen LogP contribution in [0.1, 0.15) is 46.0 Å². The average Bonchev–Trinajstić information content (AvgIpc) is 2.82. The minimum absolute atomic E-state index is 0.0509. The molecule has 92 valence electrons. The smallest absolute Gasteiger partial charge is 0.345 e. The van der Waals surface area contributed by atoms with E-state index in [4.69, 9.17) is 5.11 Å². The Morgan fingerprint density at radius 3 is 2.47 bits per heavy atom. The molecule has 1 amide bonds. The first-order chi connectivity index (χ1) is 7.92. The lowest BCUT2D eigenvalue weighted by Crippen LogP contribution is -2.42. The van der Waals surface area contributed by atoms with Crippen LogP contribution in [0.5, 0.6) is 0 Å². The molecule has 1 fully saturated rings. The lowest BCUT2D eigenvalue weighted by atomic mass is 10.0. The molecule has 1 aromatic rings. The highest BCUT2D eigenvalue weighted by molar-refractivity contribution is 7.15. The topological polar surface area (TPSA) is 57.6 Å². The Kier molecular flexibility index (Phi) is 2.95. The van der Waals surface area contributed by atoms with Crippen LogP contribution < -0.4 is 0 Å². The molecule has 1 aliphatic heterocycles. The fourth-order valence-electron chi connectivity index (χ4n) is 2.18. The number of rotatable bonds is 2. The number of nitrogens with zero attached hydrogens (tertiary/aromatic N) is 1. The van der Waals surface area contributed by atoms with Gasteiger partial charge in [-0.25, -0.2) is 4.79 Å². The number of amides is 1. The zero-order valence-electron chi connectivity index (χ0n) is 9.90. The summed E-state index contributed by atoms with van der Waals surface area (Å²) in [5, 5.41) is 8.83. The van der Waals surface area contributed by atoms with Gasteiger partial charge in [0.1, 0.15) is 4.88 Å². The number of carbonyl (C=O) groups excluding carboxylic acids is 1. The van der Waals surface area contributed by atoms with Crippen LogP contribution in [0, 0.1) is 0 Å². The van der Waals surface area contributed by atoms with Gasteiger partial charge in [0.15, 0.2) is 0 Å². The molecule has 5 heteroatoms. The van der Waals surface area contributed by atoms with Crippen LogP contribution in [-0.4, -0.2) is 34.0 Å². The van der Waals surface area contributed by atoms with E-state index in [9.17, 15) is 9.59 Å². The zero-order chi connectivity index (χ0) is 12.6. The van der Waals surface area contributed by atoms with Crippen molar-refractivity contribution in [1.82, 2.24) is 4.90 Å². The Labute approximate surface area is 104 Å². The van der Waals surface area contributed by atoms with E-state index in [2.05, 4.69) is 0 Å². The quantitative estimate of drug-likeness (QED) is 0.880. The summed E-state index contributed by atoms with van der Waals surface area (Å²) in [6, 6.07) is 3.09. The summed E-state index contributed by atoms with van der Waals surface area (Å²) >= 11 is 1.05. The monoisotopic (exact) mass is 253 g/mol. The van der Waals surface area contributed by atoms with Crippen LogP contribution in [0.2, 0.25) is 0 Å². The maximum atomic E-state index is 12.2. The van der Waals surface area contributed by atoms with Gasteiger partial charge in [0, 0.05) is 12.1 Å². The minimum atomic E-state index is -0.977. The number of aromatic carboxylic acids is 1. The van der Waals surface area contributed by atoms with Crippen LogP contribution in [0.3, 0.4) is 0 Å². The largest absolute Gasteiger partial charge is 0.477 e. The Morgan fingerprint density at radius 1 is 1.35 bits per heavy atom. The van der Waals surface area contributed by atoms with Gasteiger partial charge in [-0.2, -0.15) is 0 Å². The fraction of sp³-hybridized carbons (Fsp3) is 0.500. The van der Waals surface area contributed by atoms with E-state index in [1.807, 2.05) is 18.7 Å². The lowest BCUT2D eigenvalue weighted by Gasteiger charge is -2.31. The first-order valence-electron chi connectivity index (χ1n) is 5.57. The SMILES string of the molecule is CC1(C)CCCN1C(=O)c1ccc(C(=O)O)s1. The molecule has 1 N–H and O–H groups in total. The van der Waals surface area contributed by atoms with E-state index < -0.39 is 5.97 Å². The first-order valence-corrected chi connectivity index (χ1v) is 6.38. The molecule has 1 aromatic heterocycles. The second-order valence-corrected chi connectivity index (χ2v) is 5.93. The van der Waals surface area contributed by atoms with Crippen molar-refractivity contribution >= 4 is 23.2 Å². The van der Waals surface area contributed by atoms with E-state index >= 15 is 0 Å². The standard InChI is InChI=1S/C12H15NO3S/c1-12(2)6-3-7-13(12)10(14)8-4-5-9(17-8)11(15)16/h4-5H,3,6-7H2,1-2H3,(H,15,16). The number of carboxylic acids is 1. The summed E-state index contributed by atoms with van der Waals surface area (Å²) in [6.07, 6.45) is 2.01. The molecule has 0 bridgehead atoms. The van der Waals surface area contributed by atoms with Gasteiger partial charge in [0.25, 0.3) is 5.91 Å². The summed E-state index contributed by atoms with van der Waals surface area (Å²) in [7, 11) is 0. The first kappa shape index (κ1) is 12.1. The van der Waals surface area contributed by atoms with Crippen LogP contribution in [0.15, 0.2) is 12.1 Å². The van der Waals surface area contributed by atoms with Crippen molar-refractivity contribution in [2.24, 2.45) is 0 Å². The van der Waals surface area contributed by atoms with Crippen molar-refractivity contribution < 1.29 is 14.7 Å². The third-order valence-corrected chi connectivity index (χ3v) is 4.23. The number of likely N-dealkylation sites (tertiary alicyclic amines) is 1. The van der Waals surface area contributed by atoms with Crippen molar-refractivity contribution in [2.45, 2.75) is 32.2 Å². The Balaban J connectivity index is 2.22. The lowest BCUT2D eigenvalue weighted by molar-refractivity contribution is 0.0655. The third-order valence-electron chi connectivity index (χ3n) is 3.17. The molecule has 0 saturated carbocycles. The fourth-order valence-corrected chi connectivity index (χ4v) is 2.98. The summed E-state index contributed by atoms with van der Waals surface area (Å²) in [4.78, 5) is 25.6. The minimum Gasteiger partial charge on any atom is -0.477 e. The van der Waals surface area contributed by atoms with Gasteiger partial charge in [0.2, 0.25) is 0 Å². The van der Waals surface area contributed by atoms with Crippen molar-refractivity contribution in [2.75, 3.05) is 6.54 Å². The molecule has 1 saturated heterocycles. The van der Waals surface area contributed by atoms with Gasteiger partial charge in [0.05, 0.1) is 4.88 Å². The average molecular weight is 253 g/mol. The predicted octanol–water partition coefficient (Wildman–Crippen LogP) is 2.46. The van der Waals surface area contributed by atoms with Crippen molar-refractivity contribution in [3.8, 4) is 0 Å². The normalized spacial score (nSPS) is 18.4. The molecule has 2 heterocycles. The number of hydrogen-bond acceptors (Lipinski definition) is 3. The van der Waals surface area contributed by atoms with E-state index in [1.165, 1.54) is 6.07 Å². The summed E-state index contributed by atoms with van der Waals surface area (Å²) < 4.78 is 0. The van der Waals surface area contributed by atoms with Crippen LogP contribution in [-0.2, 0) is 0 Å². The maximum absolute atomic E-state index is 12.2. The molecular formula is C12H15NO3S. The van der Waals surface area contributed by atoms with Gasteiger partial charge in [-0.3, -0.25) is 4.79 Å². The highest BCUT2D eigenvalue weighted by Gasteiger charge is 2.36. The van der Waals surface area contributed by atoms with E-state index in [0.29, 0.717) is 4.88 Å². The highest BCUT2D eigenvalue weighted by atomic mass is 32.1. The maximum Gasteiger partial charge on any atom is 0.345 e. The van der Waals surface area contributed by atoms with Crippen LogP contribution in [0.4, 0.5) is 0 Å². The van der Waals surface area contributed by atoms with Crippen molar-refractivity contribution in [3.05, 3.63) is 21.9 Å². The zero-order valence-corrected chi connectivity index (χ0v) is 10.7. The molecule has 0 aromatic carbocycles. The molecule has 17 heavy (non-hydrogen) atoms. The summed E-state index contributed by atoms with van der Waals surface area (Å²) in [5.74, 6) is -1.03. The molecule has 1 aliphatic rings. The Bertz CT molecular complexity index is 464. The third kappa shape index (κ3) is 2.20. The second-order valence-electron chi connectivity index (χ2n) is 4.84. The van der Waals surface area contributed by atoms with Crippen molar-refractivity contribution in [1.29, 1.82) is 0 Å². The number of carbonyl (C=O) groups is 2. The molecule has 0 spiro atoms. The van der Waals surface area contributed by atoms with E-state index in [-0.39, 0.29) is 16.3 Å². The van der Waals surface area contributed by atoms with Gasteiger partial charge in [-0.05, 0) is 38.8 Å². The number of hydrogen-bond donors (Lipinski definition) is 1. The summed E-state index contributed by atoms with van der Waals surface area (Å²) in [5.41, 5.74) is -0.121. The van der Waals surface area contributed by atoms with Gasteiger partial charge >= 0.3 is 5.97 Å². The molecule has 4 nitrogen and oxygen atoms in total. The van der Waals surface area contributed by atoms with Gasteiger partial charge in [-0.15, -0.1) is 11.3 Å². The predicted molar refractivity (Wildman–Crippen MR) is 65.6 cm³/mol. The van der Waals surface area contributed by atoms with Gasteiger partial charge in [-0.1, -0.05) is 0 Å². The molecule has 0 atom stereocenters. The van der Waals surface area contributed by atoms with Gasteiger partial charge < -0.3 is 10.0 Å². The summed E-state index contributed by atoms with van der Waals surface area (Å²) in [6.45, 7) is 4.85. The van der Waals surface area contributed by atoms with Crippen LogP contribution in [0.25, 0.3) is 0 Å². The Morgan fingerprint density at radius 2 is 2.00 bits per heavy atom. The number of thiophene rings is 1. The van der Waals surface area contributed by atoms with Crippen molar-refractivity contribution in [3.63, 3.8) is 0 Å². The molecule has 0 radical (unpaired) electrons. The van der Waals surface area contributed by atoms with E-state index in [0.717, 1.165) is 30.7 Å². The van der Waals surface area contributed by atoms with E-state index in [1.54, 1.807) is 6.07 Å². The second kappa shape index (κ2) is 4.14.